The second-order valence-electron chi connectivity index (χ2n) is 5.96. The highest BCUT2D eigenvalue weighted by molar-refractivity contribution is 6.29. The van der Waals surface area contributed by atoms with Crippen LogP contribution in [0, 0.1) is 5.92 Å². The van der Waals surface area contributed by atoms with Crippen molar-refractivity contribution >= 4 is 23.4 Å². The molecule has 0 N–H and O–H groups in total. The van der Waals surface area contributed by atoms with Crippen molar-refractivity contribution in [3.05, 3.63) is 23.1 Å². The van der Waals surface area contributed by atoms with Crippen molar-refractivity contribution in [2.45, 2.75) is 19.3 Å². The Labute approximate surface area is 140 Å². The van der Waals surface area contributed by atoms with Crippen LogP contribution in [0.15, 0.2) is 16.5 Å². The molecule has 23 heavy (non-hydrogen) atoms. The van der Waals surface area contributed by atoms with Gasteiger partial charge in [-0.25, -0.2) is 0 Å². The number of carbonyl (C=O) groups excluding carboxylic acids is 2. The molecule has 3 rings (SSSR count). The molecule has 1 aromatic heterocycles. The topological polar surface area (TPSA) is 63.0 Å². The van der Waals surface area contributed by atoms with Crippen molar-refractivity contribution in [2.24, 2.45) is 5.92 Å². The van der Waals surface area contributed by atoms with Gasteiger partial charge in [0.1, 0.15) is 0 Å². The molecule has 2 aliphatic rings. The molecule has 0 aliphatic carbocycles. The van der Waals surface area contributed by atoms with Gasteiger partial charge in [0.25, 0.3) is 5.91 Å². The molecular weight excluding hydrogens is 320 g/mol. The van der Waals surface area contributed by atoms with Gasteiger partial charge in [0.15, 0.2) is 11.0 Å². The fraction of sp³-hybridized carbons (Fsp3) is 0.625. The number of hydrogen-bond donors (Lipinski definition) is 0. The SMILES string of the molecule is O=C(c1ccc(Cl)o1)N1CCCN(C(=O)C2CCOCC2)CC1. The van der Waals surface area contributed by atoms with E-state index < -0.39 is 0 Å². The molecule has 1 aromatic rings. The van der Waals surface area contributed by atoms with Gasteiger partial charge in [-0.2, -0.15) is 0 Å². The summed E-state index contributed by atoms with van der Waals surface area (Å²) in [4.78, 5) is 28.6. The number of furan rings is 1. The third kappa shape index (κ3) is 3.87. The molecule has 126 valence electrons. The standard InChI is InChI=1S/C16H21ClN2O4/c17-14-3-2-13(23-14)16(21)19-7-1-6-18(8-9-19)15(20)12-4-10-22-11-5-12/h2-3,12H,1,4-11H2. The first-order valence-corrected chi connectivity index (χ1v) is 8.44. The normalized spacial score (nSPS) is 20.4. The van der Waals surface area contributed by atoms with E-state index in [1.807, 2.05) is 4.90 Å². The molecule has 0 atom stereocenters. The van der Waals surface area contributed by atoms with Crippen LogP contribution in [0.4, 0.5) is 0 Å². The number of nitrogens with zero attached hydrogens (tertiary/aromatic N) is 2. The van der Waals surface area contributed by atoms with Gasteiger partial charge in [-0.05, 0) is 43.0 Å². The van der Waals surface area contributed by atoms with E-state index in [1.165, 1.54) is 0 Å². The van der Waals surface area contributed by atoms with Gasteiger partial charge in [-0.15, -0.1) is 0 Å². The van der Waals surface area contributed by atoms with Crippen LogP contribution in [0.3, 0.4) is 0 Å². The maximum absolute atomic E-state index is 12.6. The first kappa shape index (κ1) is 16.3. The van der Waals surface area contributed by atoms with Crippen LogP contribution in [-0.2, 0) is 9.53 Å². The van der Waals surface area contributed by atoms with Crippen molar-refractivity contribution in [3.63, 3.8) is 0 Å². The molecule has 0 spiro atoms. The Balaban J connectivity index is 1.58. The van der Waals surface area contributed by atoms with Crippen LogP contribution in [0.5, 0.6) is 0 Å². The molecule has 2 aliphatic heterocycles. The maximum atomic E-state index is 12.6. The van der Waals surface area contributed by atoms with Gasteiger partial charge in [-0.1, -0.05) is 0 Å². The highest BCUT2D eigenvalue weighted by Crippen LogP contribution is 2.20. The van der Waals surface area contributed by atoms with E-state index in [0.29, 0.717) is 39.4 Å². The van der Waals surface area contributed by atoms with Crippen molar-refractivity contribution < 1.29 is 18.7 Å². The molecule has 3 heterocycles. The van der Waals surface area contributed by atoms with Crippen molar-refractivity contribution in [2.75, 3.05) is 39.4 Å². The zero-order chi connectivity index (χ0) is 16.2. The summed E-state index contributed by atoms with van der Waals surface area (Å²) in [5.41, 5.74) is 0. The number of carbonyl (C=O) groups is 2. The zero-order valence-electron chi connectivity index (χ0n) is 13.0. The third-order valence-corrected chi connectivity index (χ3v) is 4.65. The quantitative estimate of drug-likeness (QED) is 0.826. The van der Waals surface area contributed by atoms with Gasteiger partial charge in [0.2, 0.25) is 5.91 Å². The van der Waals surface area contributed by atoms with Crippen LogP contribution in [0.25, 0.3) is 0 Å². The van der Waals surface area contributed by atoms with Crippen LogP contribution >= 0.6 is 11.6 Å². The maximum Gasteiger partial charge on any atom is 0.289 e. The van der Waals surface area contributed by atoms with E-state index in [1.54, 1.807) is 17.0 Å². The molecule has 2 fully saturated rings. The highest BCUT2D eigenvalue weighted by Gasteiger charge is 2.29. The smallest absolute Gasteiger partial charge is 0.289 e. The number of hydrogen-bond acceptors (Lipinski definition) is 4. The lowest BCUT2D eigenvalue weighted by molar-refractivity contribution is -0.138. The van der Waals surface area contributed by atoms with Gasteiger partial charge >= 0.3 is 0 Å². The van der Waals surface area contributed by atoms with Crippen molar-refractivity contribution in [1.82, 2.24) is 9.80 Å². The monoisotopic (exact) mass is 340 g/mol. The summed E-state index contributed by atoms with van der Waals surface area (Å²) in [6, 6.07) is 3.15. The van der Waals surface area contributed by atoms with Crippen molar-refractivity contribution in [1.29, 1.82) is 0 Å². The summed E-state index contributed by atoms with van der Waals surface area (Å²) in [5, 5.41) is 0.208. The Bertz CT molecular complexity index is 568. The Morgan fingerprint density at radius 3 is 2.43 bits per heavy atom. The Kier molecular flexibility index (Phi) is 5.23. The third-order valence-electron chi connectivity index (χ3n) is 4.45. The van der Waals surface area contributed by atoms with Crippen LogP contribution < -0.4 is 0 Å². The van der Waals surface area contributed by atoms with Crippen LogP contribution in [0.2, 0.25) is 5.22 Å². The zero-order valence-corrected chi connectivity index (χ0v) is 13.8. The molecule has 2 saturated heterocycles. The summed E-state index contributed by atoms with van der Waals surface area (Å²) in [6.45, 7) is 3.72. The van der Waals surface area contributed by atoms with Gasteiger partial charge in [0.05, 0.1) is 0 Å². The average molecular weight is 341 g/mol. The van der Waals surface area contributed by atoms with E-state index in [4.69, 9.17) is 20.8 Å². The molecule has 6 nitrogen and oxygen atoms in total. The van der Waals surface area contributed by atoms with E-state index >= 15 is 0 Å². The number of halogens is 1. The molecule has 7 heteroatoms. The van der Waals surface area contributed by atoms with Gasteiger partial charge in [0, 0.05) is 45.3 Å². The van der Waals surface area contributed by atoms with E-state index in [9.17, 15) is 9.59 Å². The predicted octanol–water partition coefficient (Wildman–Crippen LogP) is 2.03. The Morgan fingerprint density at radius 1 is 1.04 bits per heavy atom. The summed E-state index contributed by atoms with van der Waals surface area (Å²) < 4.78 is 10.5. The van der Waals surface area contributed by atoms with Gasteiger partial charge < -0.3 is 19.0 Å². The minimum Gasteiger partial charge on any atom is -0.440 e. The molecule has 0 unspecified atom stereocenters. The molecule has 0 saturated carbocycles. The predicted molar refractivity (Wildman–Crippen MR) is 84.4 cm³/mol. The first-order valence-electron chi connectivity index (χ1n) is 8.06. The minimum atomic E-state index is -0.169. The second kappa shape index (κ2) is 7.36. The summed E-state index contributed by atoms with van der Waals surface area (Å²) in [5.74, 6) is 0.343. The molecule has 0 aromatic carbocycles. The molecule has 2 amide bonds. The number of ether oxygens (including phenoxy) is 1. The number of amides is 2. The fourth-order valence-corrected chi connectivity index (χ4v) is 3.27. The lowest BCUT2D eigenvalue weighted by Crippen LogP contribution is -2.41. The largest absolute Gasteiger partial charge is 0.440 e. The minimum absolute atomic E-state index is 0.0647. The lowest BCUT2D eigenvalue weighted by Gasteiger charge is -2.28. The van der Waals surface area contributed by atoms with Gasteiger partial charge in [-0.3, -0.25) is 9.59 Å². The average Bonchev–Trinajstić information content (AvgIpc) is 2.87. The second-order valence-corrected chi connectivity index (χ2v) is 6.33. The Morgan fingerprint density at radius 2 is 1.74 bits per heavy atom. The van der Waals surface area contributed by atoms with Crippen LogP contribution in [-0.4, -0.2) is 61.0 Å². The highest BCUT2D eigenvalue weighted by atomic mass is 35.5. The molecule has 0 radical (unpaired) electrons. The Hall–Kier alpha value is -1.53. The fourth-order valence-electron chi connectivity index (χ4n) is 3.13. The van der Waals surface area contributed by atoms with E-state index in [2.05, 4.69) is 0 Å². The summed E-state index contributed by atoms with van der Waals surface area (Å²) in [6.07, 6.45) is 2.36. The van der Waals surface area contributed by atoms with E-state index in [0.717, 1.165) is 19.3 Å². The number of rotatable bonds is 2. The van der Waals surface area contributed by atoms with Crippen molar-refractivity contribution in [3.8, 4) is 0 Å². The van der Waals surface area contributed by atoms with Crippen LogP contribution in [0.1, 0.15) is 29.8 Å². The summed E-state index contributed by atoms with van der Waals surface area (Å²) in [7, 11) is 0. The first-order chi connectivity index (χ1) is 11.1. The molecular formula is C16H21ClN2O4. The summed E-state index contributed by atoms with van der Waals surface area (Å²) >= 11 is 5.73. The lowest BCUT2D eigenvalue weighted by atomic mass is 9.98. The van der Waals surface area contributed by atoms with E-state index in [-0.39, 0.29) is 28.7 Å². The molecule has 0 bridgehead atoms.